The topological polar surface area (TPSA) is 35.5 Å². The van der Waals surface area contributed by atoms with Crippen molar-refractivity contribution >= 4 is 40.1 Å². The van der Waals surface area contributed by atoms with Gasteiger partial charge in [0.15, 0.2) is 17.3 Å². The molecule has 0 bridgehead atoms. The van der Waals surface area contributed by atoms with Crippen molar-refractivity contribution in [1.29, 1.82) is 0 Å². The summed E-state index contributed by atoms with van der Waals surface area (Å²) in [5.41, 5.74) is 1.87. The molecule has 1 aliphatic rings. The normalized spacial score (nSPS) is 17.4. The van der Waals surface area contributed by atoms with Crippen molar-refractivity contribution in [2.24, 2.45) is 0 Å². The number of alkyl halides is 1. The summed E-state index contributed by atoms with van der Waals surface area (Å²) in [6, 6.07) is 3.75. The molecule has 0 saturated carbocycles. The zero-order valence-electron chi connectivity index (χ0n) is 11.1. The number of halogens is 1. The Morgan fingerprint density at radius 3 is 2.63 bits per heavy atom. The fourth-order valence-corrected chi connectivity index (χ4v) is 4.27. The largest absolute Gasteiger partial charge is 0.493 e. The Bertz CT molecular complexity index is 476. The van der Waals surface area contributed by atoms with Gasteiger partial charge in [-0.3, -0.25) is 4.79 Å². The summed E-state index contributed by atoms with van der Waals surface area (Å²) in [5.74, 6) is 2.61. The third-order valence-electron chi connectivity index (χ3n) is 3.17. The van der Waals surface area contributed by atoms with E-state index in [1.54, 1.807) is 26.0 Å². The van der Waals surface area contributed by atoms with Crippen molar-refractivity contribution in [2.75, 3.05) is 24.4 Å². The van der Waals surface area contributed by atoms with E-state index in [1.165, 1.54) is 0 Å². The summed E-state index contributed by atoms with van der Waals surface area (Å²) in [4.78, 5) is 12.3. The lowest BCUT2D eigenvalue weighted by Crippen LogP contribution is -2.12. The molecule has 0 heterocycles. The molecule has 1 aromatic rings. The number of carbonyl (C=O) groups excluding carboxylic acids is 1. The van der Waals surface area contributed by atoms with Gasteiger partial charge in [0, 0.05) is 9.99 Å². The molecule has 0 aromatic heterocycles. The van der Waals surface area contributed by atoms with E-state index in [-0.39, 0.29) is 11.0 Å². The van der Waals surface area contributed by atoms with Crippen molar-refractivity contribution in [3.8, 4) is 11.5 Å². The molecule has 5 heteroatoms. The summed E-state index contributed by atoms with van der Waals surface area (Å²) in [5, 5.41) is 0.0646. The Hall–Kier alpha value is -0.430. The molecule has 1 aromatic carbocycles. The minimum Gasteiger partial charge on any atom is -0.493 e. The van der Waals surface area contributed by atoms with Gasteiger partial charge in [0.2, 0.25) is 0 Å². The fraction of sp³-hybridized carbons (Fsp3) is 0.500. The highest BCUT2D eigenvalue weighted by Crippen LogP contribution is 2.37. The average molecular weight is 392 g/mol. The van der Waals surface area contributed by atoms with Crippen LogP contribution in [0.2, 0.25) is 0 Å². The molecule has 0 amide bonds. The molecule has 1 aliphatic carbocycles. The van der Waals surface area contributed by atoms with E-state index < -0.39 is 0 Å². The Morgan fingerprint density at radius 2 is 2.00 bits per heavy atom. The van der Waals surface area contributed by atoms with Gasteiger partial charge in [-0.1, -0.05) is 22.6 Å². The van der Waals surface area contributed by atoms with Crippen molar-refractivity contribution in [1.82, 2.24) is 0 Å². The molecule has 0 aliphatic heterocycles. The third kappa shape index (κ3) is 3.18. The van der Waals surface area contributed by atoms with Crippen LogP contribution < -0.4 is 9.47 Å². The molecule has 0 spiro atoms. The molecule has 2 rings (SSSR count). The number of ketones is 1. The number of ether oxygens (including phenoxy) is 2. The molecule has 0 N–H and O–H groups in total. The number of rotatable bonds is 6. The van der Waals surface area contributed by atoms with E-state index in [1.807, 2.05) is 12.1 Å². The highest BCUT2D eigenvalue weighted by molar-refractivity contribution is 14.1. The molecular formula is C14H17IO3S. The van der Waals surface area contributed by atoms with E-state index in [2.05, 4.69) is 22.6 Å². The lowest BCUT2D eigenvalue weighted by Gasteiger charge is -2.09. The first-order valence-corrected chi connectivity index (χ1v) is 8.75. The predicted octanol–water partition coefficient (Wildman–Crippen LogP) is 3.37. The number of Topliss-reactive ketones (excluding diaryl/α,β-unsaturated/α-hetero) is 1. The lowest BCUT2D eigenvalue weighted by atomic mass is 10.1. The van der Waals surface area contributed by atoms with Crippen molar-refractivity contribution < 1.29 is 14.3 Å². The van der Waals surface area contributed by atoms with Crippen LogP contribution in [0.3, 0.4) is 0 Å². The monoisotopic (exact) mass is 392 g/mol. The number of fused-ring (bicyclic) bond motifs is 1. The molecule has 0 fully saturated rings. The van der Waals surface area contributed by atoms with Crippen LogP contribution in [0.4, 0.5) is 0 Å². The maximum atomic E-state index is 12.3. The number of carbonyl (C=O) groups is 1. The van der Waals surface area contributed by atoms with Crippen molar-refractivity contribution in [3.63, 3.8) is 0 Å². The maximum Gasteiger partial charge on any atom is 0.176 e. The minimum atomic E-state index is 0.0646. The number of hydrogen-bond donors (Lipinski definition) is 0. The van der Waals surface area contributed by atoms with Gasteiger partial charge in [0.05, 0.1) is 19.5 Å². The highest BCUT2D eigenvalue weighted by atomic mass is 127. The molecule has 1 atom stereocenters. The van der Waals surface area contributed by atoms with Gasteiger partial charge in [-0.05, 0) is 36.3 Å². The Balaban J connectivity index is 2.18. The lowest BCUT2D eigenvalue weighted by molar-refractivity contribution is 0.1000. The first-order chi connectivity index (χ1) is 9.21. The maximum absolute atomic E-state index is 12.3. The third-order valence-corrected chi connectivity index (χ3v) is 5.24. The van der Waals surface area contributed by atoms with Crippen LogP contribution in [0.25, 0.3) is 0 Å². The zero-order valence-corrected chi connectivity index (χ0v) is 14.0. The second-order valence-electron chi connectivity index (χ2n) is 4.33. The van der Waals surface area contributed by atoms with E-state index in [0.29, 0.717) is 11.5 Å². The van der Waals surface area contributed by atoms with Crippen molar-refractivity contribution in [3.05, 3.63) is 23.3 Å². The van der Waals surface area contributed by atoms with E-state index in [4.69, 9.17) is 9.47 Å². The quantitative estimate of drug-likeness (QED) is 0.423. The van der Waals surface area contributed by atoms with Gasteiger partial charge in [-0.15, -0.1) is 11.8 Å². The van der Waals surface area contributed by atoms with Crippen LogP contribution in [0, 0.1) is 0 Å². The fourth-order valence-electron chi connectivity index (χ4n) is 2.20. The van der Waals surface area contributed by atoms with Crippen LogP contribution in [0.1, 0.15) is 22.3 Å². The van der Waals surface area contributed by atoms with Gasteiger partial charge < -0.3 is 9.47 Å². The van der Waals surface area contributed by atoms with Crippen LogP contribution in [0.5, 0.6) is 11.5 Å². The SMILES string of the molecule is COc1cc2c(cc1OC)C(=O)C(SCCCI)C2. The van der Waals surface area contributed by atoms with Crippen LogP contribution in [-0.2, 0) is 6.42 Å². The Morgan fingerprint density at radius 1 is 1.32 bits per heavy atom. The van der Waals surface area contributed by atoms with E-state index in [0.717, 1.165) is 34.1 Å². The van der Waals surface area contributed by atoms with Gasteiger partial charge in [-0.25, -0.2) is 0 Å². The van der Waals surface area contributed by atoms with Crippen LogP contribution in [0.15, 0.2) is 12.1 Å². The molecule has 3 nitrogen and oxygen atoms in total. The van der Waals surface area contributed by atoms with Gasteiger partial charge in [0.1, 0.15) is 0 Å². The Labute approximate surface area is 131 Å². The van der Waals surface area contributed by atoms with Gasteiger partial charge in [0.25, 0.3) is 0 Å². The first kappa shape index (κ1) is 15.0. The first-order valence-electron chi connectivity index (χ1n) is 6.18. The number of methoxy groups -OCH3 is 2. The molecule has 104 valence electrons. The van der Waals surface area contributed by atoms with Crippen LogP contribution in [-0.4, -0.2) is 35.4 Å². The van der Waals surface area contributed by atoms with Crippen molar-refractivity contribution in [2.45, 2.75) is 18.1 Å². The molecular weight excluding hydrogens is 375 g/mol. The standard InChI is InChI=1S/C14H17IO3S/c1-17-11-6-9-7-13(19-5-3-4-15)14(16)10(9)8-12(11)18-2/h6,8,13H,3-5,7H2,1-2H3. The number of benzene rings is 1. The molecule has 19 heavy (non-hydrogen) atoms. The van der Waals surface area contributed by atoms with E-state index >= 15 is 0 Å². The van der Waals surface area contributed by atoms with E-state index in [9.17, 15) is 4.79 Å². The second-order valence-corrected chi connectivity index (χ2v) is 6.72. The summed E-state index contributed by atoms with van der Waals surface area (Å²) in [6.45, 7) is 0. The Kier molecular flexibility index (Phi) is 5.38. The number of hydrogen-bond acceptors (Lipinski definition) is 4. The smallest absolute Gasteiger partial charge is 0.176 e. The summed E-state index contributed by atoms with van der Waals surface area (Å²) >= 11 is 4.13. The van der Waals surface area contributed by atoms with Gasteiger partial charge in [-0.2, -0.15) is 0 Å². The average Bonchev–Trinajstić information content (AvgIpc) is 2.74. The highest BCUT2D eigenvalue weighted by Gasteiger charge is 2.32. The summed E-state index contributed by atoms with van der Waals surface area (Å²) < 4.78 is 11.7. The van der Waals surface area contributed by atoms with Crippen LogP contribution >= 0.6 is 34.4 Å². The molecule has 0 saturated heterocycles. The second kappa shape index (κ2) is 6.83. The molecule has 0 radical (unpaired) electrons. The molecule has 1 unspecified atom stereocenters. The minimum absolute atomic E-state index is 0.0646. The zero-order chi connectivity index (χ0) is 13.8. The summed E-state index contributed by atoms with van der Waals surface area (Å²) in [6.07, 6.45) is 1.96. The van der Waals surface area contributed by atoms with Gasteiger partial charge >= 0.3 is 0 Å². The predicted molar refractivity (Wildman–Crippen MR) is 87.3 cm³/mol. The number of thioether (sulfide) groups is 1. The summed E-state index contributed by atoms with van der Waals surface area (Å²) in [7, 11) is 3.21.